The molecule has 3 rings (SSSR count). The fraction of sp³-hybridized carbons (Fsp3) is 0.300. The summed E-state index contributed by atoms with van der Waals surface area (Å²) >= 11 is 1.32. The molecule has 1 amide bonds. The van der Waals surface area contributed by atoms with Gasteiger partial charge in [0.05, 0.1) is 11.4 Å². The Morgan fingerprint density at radius 1 is 1.15 bits per heavy atom. The Labute approximate surface area is 163 Å². The SMILES string of the molecule is Cc1ccccc1CNC(=O)CSc1nnnn1-c1ccc(C(C)C)cc1. The first-order valence-electron chi connectivity index (χ1n) is 8.87. The smallest absolute Gasteiger partial charge is 0.230 e. The van der Waals surface area contributed by atoms with Crippen LogP contribution in [0.25, 0.3) is 5.69 Å². The van der Waals surface area contributed by atoms with E-state index >= 15 is 0 Å². The predicted octanol–water partition coefficient (Wildman–Crippen LogP) is 3.50. The standard InChI is InChI=1S/C20H23N5OS/c1-14(2)16-8-10-18(11-9-16)25-20(22-23-24-25)27-13-19(26)21-12-17-7-5-4-6-15(17)3/h4-11,14H,12-13H2,1-3H3,(H,21,26). The summed E-state index contributed by atoms with van der Waals surface area (Å²) < 4.78 is 1.66. The number of tetrazole rings is 1. The van der Waals surface area contributed by atoms with Gasteiger partial charge in [0, 0.05) is 6.54 Å². The molecule has 0 fully saturated rings. The van der Waals surface area contributed by atoms with Gasteiger partial charge in [-0.3, -0.25) is 4.79 Å². The Morgan fingerprint density at radius 2 is 1.89 bits per heavy atom. The number of hydrogen-bond acceptors (Lipinski definition) is 5. The highest BCUT2D eigenvalue weighted by Gasteiger charge is 2.12. The molecule has 140 valence electrons. The van der Waals surface area contributed by atoms with Crippen LogP contribution in [0.1, 0.15) is 36.5 Å². The molecule has 0 radical (unpaired) electrons. The van der Waals surface area contributed by atoms with Crippen LogP contribution in [0.4, 0.5) is 0 Å². The highest BCUT2D eigenvalue weighted by atomic mass is 32.2. The average molecular weight is 382 g/mol. The fourth-order valence-electron chi connectivity index (χ4n) is 2.61. The summed E-state index contributed by atoms with van der Waals surface area (Å²) in [5.41, 5.74) is 4.42. The third kappa shape index (κ3) is 4.95. The Balaban J connectivity index is 1.58. The van der Waals surface area contributed by atoms with E-state index in [-0.39, 0.29) is 11.7 Å². The molecule has 0 aliphatic carbocycles. The molecule has 0 bridgehead atoms. The first kappa shape index (κ1) is 19.1. The van der Waals surface area contributed by atoms with Gasteiger partial charge in [-0.15, -0.1) is 5.10 Å². The van der Waals surface area contributed by atoms with E-state index in [0.717, 1.165) is 11.3 Å². The van der Waals surface area contributed by atoms with Gasteiger partial charge in [-0.05, 0) is 52.1 Å². The van der Waals surface area contributed by atoms with Gasteiger partial charge in [0.15, 0.2) is 0 Å². The zero-order valence-corrected chi connectivity index (χ0v) is 16.5. The molecular formula is C20H23N5OS. The van der Waals surface area contributed by atoms with Crippen molar-refractivity contribution in [1.82, 2.24) is 25.5 Å². The summed E-state index contributed by atoms with van der Waals surface area (Å²) in [5, 5.41) is 15.4. The lowest BCUT2D eigenvalue weighted by molar-refractivity contribution is -0.118. The quantitative estimate of drug-likeness (QED) is 0.634. The summed E-state index contributed by atoms with van der Waals surface area (Å²) in [4.78, 5) is 12.2. The lowest BCUT2D eigenvalue weighted by atomic mass is 10.0. The van der Waals surface area contributed by atoms with E-state index in [4.69, 9.17) is 0 Å². The molecule has 3 aromatic rings. The maximum absolute atomic E-state index is 12.2. The molecule has 27 heavy (non-hydrogen) atoms. The summed E-state index contributed by atoms with van der Waals surface area (Å²) in [7, 11) is 0. The maximum Gasteiger partial charge on any atom is 0.230 e. The number of hydrogen-bond donors (Lipinski definition) is 1. The van der Waals surface area contributed by atoms with Crippen LogP contribution < -0.4 is 5.32 Å². The highest BCUT2D eigenvalue weighted by Crippen LogP contribution is 2.20. The number of aryl methyl sites for hydroxylation is 1. The number of amides is 1. The minimum Gasteiger partial charge on any atom is -0.351 e. The van der Waals surface area contributed by atoms with Gasteiger partial charge in [-0.2, -0.15) is 4.68 Å². The molecule has 0 saturated heterocycles. The summed E-state index contributed by atoms with van der Waals surface area (Å²) in [6.45, 7) is 6.87. The molecule has 1 aromatic heterocycles. The third-order valence-corrected chi connectivity index (χ3v) is 5.23. The van der Waals surface area contributed by atoms with E-state index in [9.17, 15) is 4.79 Å². The number of benzene rings is 2. The van der Waals surface area contributed by atoms with Crippen LogP contribution in [0.2, 0.25) is 0 Å². The number of nitrogens with zero attached hydrogens (tertiary/aromatic N) is 4. The first-order valence-corrected chi connectivity index (χ1v) is 9.86. The molecule has 0 atom stereocenters. The average Bonchev–Trinajstić information content (AvgIpc) is 3.14. The van der Waals surface area contributed by atoms with E-state index in [1.54, 1.807) is 4.68 Å². The second kappa shape index (κ2) is 8.81. The number of carbonyl (C=O) groups is 1. The van der Waals surface area contributed by atoms with Gasteiger partial charge < -0.3 is 5.32 Å². The fourth-order valence-corrected chi connectivity index (χ4v) is 3.34. The normalized spacial score (nSPS) is 11.0. The molecular weight excluding hydrogens is 358 g/mol. The van der Waals surface area contributed by atoms with Crippen molar-refractivity contribution in [2.24, 2.45) is 0 Å². The van der Waals surface area contributed by atoms with Crippen molar-refractivity contribution < 1.29 is 4.79 Å². The zero-order valence-electron chi connectivity index (χ0n) is 15.7. The molecule has 2 aromatic carbocycles. The third-order valence-electron chi connectivity index (χ3n) is 4.31. The Morgan fingerprint density at radius 3 is 2.59 bits per heavy atom. The molecule has 6 nitrogen and oxygen atoms in total. The largest absolute Gasteiger partial charge is 0.351 e. The number of aromatic nitrogens is 4. The molecule has 1 heterocycles. The molecule has 0 spiro atoms. The Bertz CT molecular complexity index is 905. The molecule has 0 saturated carbocycles. The van der Waals surface area contributed by atoms with E-state index in [0.29, 0.717) is 17.6 Å². The Hall–Kier alpha value is -2.67. The van der Waals surface area contributed by atoms with E-state index < -0.39 is 0 Å². The topological polar surface area (TPSA) is 72.7 Å². The number of carbonyl (C=O) groups excluding carboxylic acids is 1. The van der Waals surface area contributed by atoms with Gasteiger partial charge >= 0.3 is 0 Å². The monoisotopic (exact) mass is 381 g/mol. The zero-order chi connectivity index (χ0) is 19.2. The maximum atomic E-state index is 12.2. The molecule has 7 heteroatoms. The van der Waals surface area contributed by atoms with Gasteiger partial charge in [-0.1, -0.05) is 62.0 Å². The van der Waals surface area contributed by atoms with Crippen molar-refractivity contribution in [2.75, 3.05) is 5.75 Å². The summed E-state index contributed by atoms with van der Waals surface area (Å²) in [5.74, 6) is 0.683. The van der Waals surface area contributed by atoms with E-state index in [2.05, 4.69) is 46.8 Å². The van der Waals surface area contributed by atoms with Crippen LogP contribution in [0, 0.1) is 6.92 Å². The number of nitrogens with one attached hydrogen (secondary N) is 1. The molecule has 0 aliphatic heterocycles. The van der Waals surface area contributed by atoms with Crippen molar-refractivity contribution in [3.8, 4) is 5.69 Å². The van der Waals surface area contributed by atoms with Crippen molar-refractivity contribution in [1.29, 1.82) is 0 Å². The van der Waals surface area contributed by atoms with Gasteiger partial charge in [0.2, 0.25) is 11.1 Å². The van der Waals surface area contributed by atoms with Crippen LogP contribution in [0.5, 0.6) is 0 Å². The van der Waals surface area contributed by atoms with Crippen LogP contribution in [-0.2, 0) is 11.3 Å². The summed E-state index contributed by atoms with van der Waals surface area (Å²) in [6.07, 6.45) is 0. The van der Waals surface area contributed by atoms with Crippen LogP contribution in [-0.4, -0.2) is 31.9 Å². The molecule has 0 aliphatic rings. The second-order valence-corrected chi connectivity index (χ2v) is 7.55. The Kier molecular flexibility index (Phi) is 6.24. The van der Waals surface area contributed by atoms with Crippen molar-refractivity contribution >= 4 is 17.7 Å². The highest BCUT2D eigenvalue weighted by molar-refractivity contribution is 7.99. The predicted molar refractivity (Wildman–Crippen MR) is 107 cm³/mol. The van der Waals surface area contributed by atoms with Crippen molar-refractivity contribution in [2.45, 2.75) is 38.4 Å². The lowest BCUT2D eigenvalue weighted by Gasteiger charge is -2.09. The minimum atomic E-state index is -0.0482. The molecule has 1 N–H and O–H groups in total. The lowest BCUT2D eigenvalue weighted by Crippen LogP contribution is -2.25. The van der Waals surface area contributed by atoms with Crippen molar-refractivity contribution in [3.05, 3.63) is 65.2 Å². The number of thioether (sulfide) groups is 1. The van der Waals surface area contributed by atoms with E-state index in [1.165, 1.54) is 22.9 Å². The minimum absolute atomic E-state index is 0.0482. The van der Waals surface area contributed by atoms with E-state index in [1.807, 2.05) is 43.3 Å². The van der Waals surface area contributed by atoms with Crippen LogP contribution in [0.3, 0.4) is 0 Å². The van der Waals surface area contributed by atoms with Crippen molar-refractivity contribution in [3.63, 3.8) is 0 Å². The van der Waals surface area contributed by atoms with Gasteiger partial charge in [-0.25, -0.2) is 0 Å². The molecule has 0 unspecified atom stereocenters. The second-order valence-electron chi connectivity index (χ2n) is 6.61. The first-order chi connectivity index (χ1) is 13.0. The van der Waals surface area contributed by atoms with Crippen LogP contribution in [0.15, 0.2) is 53.7 Å². The van der Waals surface area contributed by atoms with Gasteiger partial charge in [0.1, 0.15) is 0 Å². The summed E-state index contributed by atoms with van der Waals surface area (Å²) in [6, 6.07) is 16.2. The van der Waals surface area contributed by atoms with Gasteiger partial charge in [0.25, 0.3) is 0 Å². The van der Waals surface area contributed by atoms with Crippen LogP contribution >= 0.6 is 11.8 Å². The number of rotatable bonds is 7.